The minimum absolute atomic E-state index is 0.0138. The molecule has 0 bridgehead atoms. The van der Waals surface area contributed by atoms with Crippen molar-refractivity contribution in [2.24, 2.45) is 0 Å². The molecule has 1 rings (SSSR count). The summed E-state index contributed by atoms with van der Waals surface area (Å²) >= 11 is 0. The number of aliphatic hydroxyl groups excluding tert-OH is 1. The van der Waals surface area contributed by atoms with Crippen molar-refractivity contribution in [3.63, 3.8) is 0 Å². The first-order valence-electron chi connectivity index (χ1n) is 5.83. The molecule has 0 aliphatic rings. The third kappa shape index (κ3) is 4.82. The van der Waals surface area contributed by atoms with E-state index in [0.717, 1.165) is 0 Å². The number of methoxy groups -OCH3 is 1. The van der Waals surface area contributed by atoms with Gasteiger partial charge in [-0.3, -0.25) is 14.9 Å². The maximum Gasteiger partial charge on any atom is 0.310 e. The van der Waals surface area contributed by atoms with Crippen molar-refractivity contribution in [2.45, 2.75) is 6.04 Å². The Balaban J connectivity index is 2.55. The second kappa shape index (κ2) is 8.08. The van der Waals surface area contributed by atoms with Crippen molar-refractivity contribution in [3.8, 4) is 5.75 Å². The maximum atomic E-state index is 11.6. The molecule has 8 nitrogen and oxygen atoms in total. The monoisotopic (exact) mass is 284 g/mol. The molecule has 1 atom stereocenters. The summed E-state index contributed by atoms with van der Waals surface area (Å²) in [5.74, 6) is -0.487. The van der Waals surface area contributed by atoms with Crippen molar-refractivity contribution >= 4 is 11.6 Å². The summed E-state index contributed by atoms with van der Waals surface area (Å²) in [5, 5.41) is 22.2. The molecule has 0 aromatic heterocycles. The van der Waals surface area contributed by atoms with Crippen LogP contribution < -0.4 is 10.1 Å². The van der Waals surface area contributed by atoms with Crippen LogP contribution in [0.3, 0.4) is 0 Å². The summed E-state index contributed by atoms with van der Waals surface area (Å²) in [6.07, 6.45) is 0. The van der Waals surface area contributed by atoms with Gasteiger partial charge in [-0.2, -0.15) is 0 Å². The molecule has 0 spiro atoms. The van der Waals surface area contributed by atoms with Crippen LogP contribution in [0.5, 0.6) is 5.75 Å². The predicted molar refractivity (Wildman–Crippen MR) is 69.5 cm³/mol. The van der Waals surface area contributed by atoms with Gasteiger partial charge in [-0.15, -0.1) is 0 Å². The number of benzene rings is 1. The lowest BCUT2D eigenvalue weighted by atomic mass is 10.3. The summed E-state index contributed by atoms with van der Waals surface area (Å²) in [7, 11) is 1.44. The fourth-order valence-corrected chi connectivity index (χ4v) is 1.48. The lowest BCUT2D eigenvalue weighted by molar-refractivity contribution is -0.385. The zero-order chi connectivity index (χ0) is 15.0. The van der Waals surface area contributed by atoms with E-state index in [1.54, 1.807) is 6.07 Å². The van der Waals surface area contributed by atoms with Crippen molar-refractivity contribution < 1.29 is 24.3 Å². The van der Waals surface area contributed by atoms with Gasteiger partial charge in [-0.05, 0) is 6.07 Å². The summed E-state index contributed by atoms with van der Waals surface area (Å²) < 4.78 is 9.91. The van der Waals surface area contributed by atoms with Gasteiger partial charge in [-0.25, -0.2) is 0 Å². The third-order valence-corrected chi connectivity index (χ3v) is 2.37. The molecular formula is C12H16N2O6. The van der Waals surface area contributed by atoms with Crippen molar-refractivity contribution in [3.05, 3.63) is 34.4 Å². The number of hydrogen-bond acceptors (Lipinski definition) is 6. The topological polar surface area (TPSA) is 111 Å². The van der Waals surface area contributed by atoms with Crippen LogP contribution in [0.4, 0.5) is 5.69 Å². The highest BCUT2D eigenvalue weighted by molar-refractivity contribution is 5.78. The summed E-state index contributed by atoms with van der Waals surface area (Å²) in [4.78, 5) is 21.7. The highest BCUT2D eigenvalue weighted by Crippen LogP contribution is 2.25. The number of carbonyl (C=O) groups excluding carboxylic acids is 1. The van der Waals surface area contributed by atoms with Crippen LogP contribution in [0.2, 0.25) is 0 Å². The summed E-state index contributed by atoms with van der Waals surface area (Å²) in [5.41, 5.74) is -0.212. The summed E-state index contributed by atoms with van der Waals surface area (Å²) in [6.45, 7) is -0.496. The Morgan fingerprint density at radius 3 is 2.80 bits per heavy atom. The number of ether oxygens (including phenoxy) is 2. The van der Waals surface area contributed by atoms with E-state index in [9.17, 15) is 14.9 Å². The molecule has 110 valence electrons. The predicted octanol–water partition coefficient (Wildman–Crippen LogP) is 0.0971. The van der Waals surface area contributed by atoms with Crippen LogP contribution in [0.25, 0.3) is 0 Å². The van der Waals surface area contributed by atoms with E-state index in [1.165, 1.54) is 25.3 Å². The zero-order valence-corrected chi connectivity index (χ0v) is 10.9. The molecule has 0 saturated carbocycles. The first-order valence-corrected chi connectivity index (χ1v) is 5.83. The maximum absolute atomic E-state index is 11.6. The molecule has 1 amide bonds. The number of amides is 1. The SMILES string of the molecule is COCC(CO)NC(=O)COc1ccccc1[N+](=O)[O-]. The Hall–Kier alpha value is -2.19. The van der Waals surface area contributed by atoms with Crippen LogP contribution >= 0.6 is 0 Å². The summed E-state index contributed by atoms with van der Waals surface area (Å²) in [6, 6.07) is 5.23. The quantitative estimate of drug-likeness (QED) is 0.517. The van der Waals surface area contributed by atoms with E-state index in [2.05, 4.69) is 5.32 Å². The first kappa shape index (κ1) is 15.9. The minimum Gasteiger partial charge on any atom is -0.477 e. The molecule has 1 aromatic rings. The number of nitrogens with zero attached hydrogens (tertiary/aromatic N) is 1. The van der Waals surface area contributed by atoms with Crippen molar-refractivity contribution in [1.29, 1.82) is 0 Å². The van der Waals surface area contributed by atoms with Gasteiger partial charge in [0.05, 0.1) is 24.2 Å². The number of hydrogen-bond donors (Lipinski definition) is 2. The number of nitro benzene ring substituents is 1. The van der Waals surface area contributed by atoms with E-state index in [4.69, 9.17) is 14.6 Å². The van der Waals surface area contributed by atoms with Crippen LogP contribution in [-0.2, 0) is 9.53 Å². The van der Waals surface area contributed by atoms with Gasteiger partial charge in [-0.1, -0.05) is 12.1 Å². The highest BCUT2D eigenvalue weighted by Gasteiger charge is 2.16. The molecule has 0 saturated heterocycles. The van der Waals surface area contributed by atoms with Gasteiger partial charge in [0.15, 0.2) is 12.4 Å². The molecule has 0 aliphatic heterocycles. The Morgan fingerprint density at radius 1 is 1.50 bits per heavy atom. The fourth-order valence-electron chi connectivity index (χ4n) is 1.48. The van der Waals surface area contributed by atoms with Crippen LogP contribution in [0.15, 0.2) is 24.3 Å². The molecule has 8 heteroatoms. The largest absolute Gasteiger partial charge is 0.477 e. The van der Waals surface area contributed by atoms with E-state index >= 15 is 0 Å². The Labute approximate surface area is 115 Å². The van der Waals surface area contributed by atoms with Gasteiger partial charge in [0.1, 0.15) is 0 Å². The molecule has 2 N–H and O–H groups in total. The van der Waals surface area contributed by atoms with Gasteiger partial charge < -0.3 is 19.9 Å². The highest BCUT2D eigenvalue weighted by atomic mass is 16.6. The molecule has 0 aliphatic carbocycles. The zero-order valence-electron chi connectivity index (χ0n) is 10.9. The molecule has 1 aromatic carbocycles. The van der Waals surface area contributed by atoms with Crippen LogP contribution in [0.1, 0.15) is 0 Å². The smallest absolute Gasteiger partial charge is 0.310 e. The van der Waals surface area contributed by atoms with E-state index in [0.29, 0.717) is 0 Å². The van der Waals surface area contributed by atoms with Crippen molar-refractivity contribution in [2.75, 3.05) is 26.9 Å². The lowest BCUT2D eigenvalue weighted by Gasteiger charge is -2.15. The standard InChI is InChI=1S/C12H16N2O6/c1-19-7-9(6-15)13-12(16)8-20-11-5-3-2-4-10(11)14(17)18/h2-5,9,15H,6-8H2,1H3,(H,13,16). The van der Waals surface area contributed by atoms with E-state index in [1.807, 2.05) is 0 Å². The van der Waals surface area contributed by atoms with Crippen molar-refractivity contribution in [1.82, 2.24) is 5.32 Å². The molecule has 1 unspecified atom stereocenters. The number of para-hydroxylation sites is 2. The number of rotatable bonds is 8. The molecule has 0 radical (unpaired) electrons. The Morgan fingerprint density at radius 2 is 2.20 bits per heavy atom. The first-order chi connectivity index (χ1) is 9.58. The second-order valence-corrected chi connectivity index (χ2v) is 3.92. The molecule has 0 fully saturated rings. The average Bonchev–Trinajstić information content (AvgIpc) is 2.44. The minimum atomic E-state index is -0.589. The van der Waals surface area contributed by atoms with E-state index in [-0.39, 0.29) is 31.3 Å². The molecular weight excluding hydrogens is 268 g/mol. The van der Waals surface area contributed by atoms with Crippen LogP contribution in [-0.4, -0.2) is 48.9 Å². The normalized spacial score (nSPS) is 11.7. The fraction of sp³-hybridized carbons (Fsp3) is 0.417. The third-order valence-electron chi connectivity index (χ3n) is 2.37. The number of aliphatic hydroxyl groups is 1. The van der Waals surface area contributed by atoms with Gasteiger partial charge in [0.25, 0.3) is 5.91 Å². The van der Waals surface area contributed by atoms with Gasteiger partial charge in [0, 0.05) is 13.2 Å². The number of nitro groups is 1. The average molecular weight is 284 g/mol. The molecule has 20 heavy (non-hydrogen) atoms. The van der Waals surface area contributed by atoms with Crippen LogP contribution in [0, 0.1) is 10.1 Å². The number of carbonyl (C=O) groups is 1. The van der Waals surface area contributed by atoms with E-state index < -0.39 is 16.9 Å². The lowest BCUT2D eigenvalue weighted by Crippen LogP contribution is -2.42. The van der Waals surface area contributed by atoms with Gasteiger partial charge in [0.2, 0.25) is 0 Å². The molecule has 0 heterocycles. The number of nitrogens with one attached hydrogen (secondary N) is 1. The Bertz CT molecular complexity index is 465. The van der Waals surface area contributed by atoms with Gasteiger partial charge >= 0.3 is 5.69 Å². The second-order valence-electron chi connectivity index (χ2n) is 3.92. The Kier molecular flexibility index (Phi) is 6.41.